The number of para-hydroxylation sites is 2. The first-order valence-corrected chi connectivity index (χ1v) is 9.05. The van der Waals surface area contributed by atoms with Crippen LogP contribution in [0.15, 0.2) is 39.4 Å². The van der Waals surface area contributed by atoms with Gasteiger partial charge in [-0.3, -0.25) is 4.90 Å². The van der Waals surface area contributed by atoms with Crippen molar-refractivity contribution in [2.45, 2.75) is 58.0 Å². The number of hydrogen-bond donors (Lipinski definition) is 0. The van der Waals surface area contributed by atoms with Gasteiger partial charge in [0.25, 0.3) is 0 Å². The number of hydrogen-bond acceptors (Lipinski definition) is 5. The van der Waals surface area contributed by atoms with Gasteiger partial charge in [0.1, 0.15) is 11.8 Å². The average molecular weight is 339 g/mol. The molecule has 1 saturated heterocycles. The summed E-state index contributed by atoms with van der Waals surface area (Å²) in [5.74, 6) is 1.58. The van der Waals surface area contributed by atoms with Gasteiger partial charge in [-0.05, 0) is 31.5 Å². The Kier molecular flexibility index (Phi) is 4.12. The van der Waals surface area contributed by atoms with Gasteiger partial charge in [0.15, 0.2) is 5.58 Å². The molecule has 0 radical (unpaired) electrons. The molecule has 1 aliphatic rings. The Labute approximate surface area is 148 Å². The van der Waals surface area contributed by atoms with E-state index in [-0.39, 0.29) is 11.5 Å². The third-order valence-electron chi connectivity index (χ3n) is 4.87. The van der Waals surface area contributed by atoms with Crippen LogP contribution in [0.1, 0.15) is 63.6 Å². The zero-order valence-corrected chi connectivity index (χ0v) is 15.2. The van der Waals surface area contributed by atoms with E-state index in [1.165, 1.54) is 12.8 Å². The molecule has 2 aromatic heterocycles. The first kappa shape index (κ1) is 16.3. The maximum atomic E-state index is 6.03. The zero-order chi connectivity index (χ0) is 17.4. The molecule has 1 aromatic carbocycles. The normalized spacial score (nSPS) is 19.6. The summed E-state index contributed by atoms with van der Waals surface area (Å²) < 4.78 is 11.8. The minimum absolute atomic E-state index is 0.00331. The number of likely N-dealkylation sites (tertiary alicyclic amines) is 1. The van der Waals surface area contributed by atoms with Crippen molar-refractivity contribution in [3.63, 3.8) is 0 Å². The lowest BCUT2D eigenvalue weighted by molar-refractivity contribution is 0.108. The van der Waals surface area contributed by atoms with E-state index in [1.807, 2.05) is 24.3 Å². The van der Waals surface area contributed by atoms with Crippen LogP contribution in [0.4, 0.5) is 0 Å². The molecule has 5 heteroatoms. The van der Waals surface area contributed by atoms with Crippen molar-refractivity contribution < 1.29 is 8.83 Å². The predicted octanol–water partition coefficient (Wildman–Crippen LogP) is 4.84. The standard InChI is InChI=1S/C20H25N3O2/c1-20(2,3)17-13-24-18(22-17)12-23-11-7-6-9-15(23)19-21-14-8-4-5-10-16(14)25-19/h4-5,8,10,13,15H,6-7,9,11-12H2,1-3H3. The average Bonchev–Trinajstić information content (AvgIpc) is 3.21. The molecule has 0 spiro atoms. The molecule has 0 saturated carbocycles. The second-order valence-corrected chi connectivity index (χ2v) is 7.88. The lowest BCUT2D eigenvalue weighted by atomic mass is 9.93. The highest BCUT2D eigenvalue weighted by molar-refractivity contribution is 5.72. The van der Waals surface area contributed by atoms with E-state index in [2.05, 4.69) is 30.7 Å². The summed E-state index contributed by atoms with van der Waals surface area (Å²) in [5, 5.41) is 0. The molecule has 0 bridgehead atoms. The van der Waals surface area contributed by atoms with Crippen LogP contribution in [-0.2, 0) is 12.0 Å². The van der Waals surface area contributed by atoms with Crippen molar-refractivity contribution in [1.82, 2.24) is 14.9 Å². The van der Waals surface area contributed by atoms with Gasteiger partial charge in [-0.15, -0.1) is 0 Å². The van der Waals surface area contributed by atoms with E-state index in [0.717, 1.165) is 41.5 Å². The monoisotopic (exact) mass is 339 g/mol. The van der Waals surface area contributed by atoms with E-state index in [1.54, 1.807) is 6.26 Å². The largest absolute Gasteiger partial charge is 0.447 e. The minimum Gasteiger partial charge on any atom is -0.447 e. The molecule has 0 aliphatic carbocycles. The Bertz CT molecular complexity index is 826. The van der Waals surface area contributed by atoms with Gasteiger partial charge in [-0.2, -0.15) is 0 Å². The first-order valence-electron chi connectivity index (χ1n) is 9.05. The molecule has 1 fully saturated rings. The Morgan fingerprint density at radius 2 is 2.00 bits per heavy atom. The highest BCUT2D eigenvalue weighted by Gasteiger charge is 2.30. The molecule has 1 aliphatic heterocycles. The van der Waals surface area contributed by atoms with Crippen LogP contribution < -0.4 is 0 Å². The van der Waals surface area contributed by atoms with E-state index >= 15 is 0 Å². The zero-order valence-electron chi connectivity index (χ0n) is 15.2. The lowest BCUT2D eigenvalue weighted by Gasteiger charge is -2.32. The molecule has 0 amide bonds. The number of fused-ring (bicyclic) bond motifs is 1. The minimum atomic E-state index is 0.00331. The lowest BCUT2D eigenvalue weighted by Crippen LogP contribution is -2.33. The second-order valence-electron chi connectivity index (χ2n) is 7.88. The Hall–Kier alpha value is -2.14. The molecule has 132 valence electrons. The maximum absolute atomic E-state index is 6.03. The molecular weight excluding hydrogens is 314 g/mol. The molecule has 3 heterocycles. The molecule has 0 N–H and O–H groups in total. The van der Waals surface area contributed by atoms with Crippen molar-refractivity contribution in [3.8, 4) is 0 Å². The highest BCUT2D eigenvalue weighted by atomic mass is 16.4. The topological polar surface area (TPSA) is 55.3 Å². The smallest absolute Gasteiger partial charge is 0.212 e. The van der Waals surface area contributed by atoms with Crippen LogP contribution in [0.2, 0.25) is 0 Å². The third kappa shape index (κ3) is 3.33. The fourth-order valence-electron chi connectivity index (χ4n) is 3.39. The van der Waals surface area contributed by atoms with Gasteiger partial charge in [-0.25, -0.2) is 9.97 Å². The summed E-state index contributed by atoms with van der Waals surface area (Å²) in [6.07, 6.45) is 5.22. The second kappa shape index (κ2) is 6.30. The fourth-order valence-corrected chi connectivity index (χ4v) is 3.39. The quantitative estimate of drug-likeness (QED) is 0.683. The summed E-state index contributed by atoms with van der Waals surface area (Å²) in [4.78, 5) is 11.8. The van der Waals surface area contributed by atoms with Crippen LogP contribution in [0.3, 0.4) is 0 Å². The van der Waals surface area contributed by atoms with Crippen molar-refractivity contribution in [3.05, 3.63) is 48.0 Å². The molecule has 4 rings (SSSR count). The first-order chi connectivity index (χ1) is 12.0. The van der Waals surface area contributed by atoms with Gasteiger partial charge in [0.05, 0.1) is 18.3 Å². The Morgan fingerprint density at radius 1 is 1.16 bits per heavy atom. The van der Waals surface area contributed by atoms with Crippen LogP contribution in [0.25, 0.3) is 11.1 Å². The summed E-state index contributed by atoms with van der Waals surface area (Å²) >= 11 is 0. The van der Waals surface area contributed by atoms with E-state index in [9.17, 15) is 0 Å². The number of rotatable bonds is 3. The molecule has 25 heavy (non-hydrogen) atoms. The third-order valence-corrected chi connectivity index (χ3v) is 4.87. The van der Waals surface area contributed by atoms with Crippen molar-refractivity contribution in [1.29, 1.82) is 0 Å². The van der Waals surface area contributed by atoms with Crippen molar-refractivity contribution in [2.24, 2.45) is 0 Å². The summed E-state index contributed by atoms with van der Waals surface area (Å²) in [6.45, 7) is 8.15. The van der Waals surface area contributed by atoms with Crippen LogP contribution in [-0.4, -0.2) is 21.4 Å². The number of nitrogens with zero attached hydrogens (tertiary/aromatic N) is 3. The van der Waals surface area contributed by atoms with Gasteiger partial charge in [-0.1, -0.05) is 39.3 Å². The molecule has 5 nitrogen and oxygen atoms in total. The van der Waals surface area contributed by atoms with Crippen LogP contribution in [0, 0.1) is 0 Å². The summed E-state index contributed by atoms with van der Waals surface area (Å²) in [5.41, 5.74) is 2.78. The SMILES string of the molecule is CC(C)(C)c1coc(CN2CCCCC2c2nc3ccccc3o2)n1. The molecule has 1 unspecified atom stereocenters. The van der Waals surface area contributed by atoms with Gasteiger partial charge in [0.2, 0.25) is 11.8 Å². The number of piperidine rings is 1. The van der Waals surface area contributed by atoms with E-state index < -0.39 is 0 Å². The van der Waals surface area contributed by atoms with Crippen molar-refractivity contribution >= 4 is 11.1 Å². The summed E-state index contributed by atoms with van der Waals surface area (Å²) in [7, 11) is 0. The van der Waals surface area contributed by atoms with Crippen LogP contribution >= 0.6 is 0 Å². The van der Waals surface area contributed by atoms with E-state index in [4.69, 9.17) is 13.8 Å². The summed E-state index contributed by atoms with van der Waals surface area (Å²) in [6, 6.07) is 8.14. The molecule has 1 atom stereocenters. The van der Waals surface area contributed by atoms with E-state index in [0.29, 0.717) is 6.54 Å². The number of benzene rings is 1. The molecular formula is C20H25N3O2. The Morgan fingerprint density at radius 3 is 2.76 bits per heavy atom. The van der Waals surface area contributed by atoms with Gasteiger partial charge >= 0.3 is 0 Å². The highest BCUT2D eigenvalue weighted by Crippen LogP contribution is 2.33. The van der Waals surface area contributed by atoms with Crippen molar-refractivity contribution in [2.75, 3.05) is 6.54 Å². The fraction of sp³-hybridized carbons (Fsp3) is 0.500. The van der Waals surface area contributed by atoms with Crippen LogP contribution in [0.5, 0.6) is 0 Å². The number of aromatic nitrogens is 2. The predicted molar refractivity (Wildman–Crippen MR) is 96.2 cm³/mol. The van der Waals surface area contributed by atoms with Gasteiger partial charge in [0, 0.05) is 5.41 Å². The molecule has 3 aromatic rings. The van der Waals surface area contributed by atoms with Gasteiger partial charge < -0.3 is 8.83 Å². The maximum Gasteiger partial charge on any atom is 0.212 e. The number of oxazole rings is 2. The Balaban J connectivity index is 1.57.